The predicted octanol–water partition coefficient (Wildman–Crippen LogP) is 6.11. The number of pyridine rings is 1. The molecule has 0 fully saturated rings. The Morgan fingerprint density at radius 2 is 1.69 bits per heavy atom. The first-order valence-corrected chi connectivity index (χ1v) is 9.71. The molecule has 0 unspecified atom stereocenters. The molecule has 0 saturated carbocycles. The minimum absolute atomic E-state index is 0.0476. The summed E-state index contributed by atoms with van der Waals surface area (Å²) in [4.78, 5) is 22.8. The first kappa shape index (κ1) is 21.9. The Kier molecular flexibility index (Phi) is 5.70. The van der Waals surface area contributed by atoms with Crippen LogP contribution in [-0.4, -0.2) is 22.1 Å². The van der Waals surface area contributed by atoms with Gasteiger partial charge in [-0.1, -0.05) is 29.3 Å². The van der Waals surface area contributed by atoms with Gasteiger partial charge in [0, 0.05) is 11.5 Å². The highest BCUT2D eigenvalue weighted by Crippen LogP contribution is 2.36. The number of aromatic amines is 1. The Hall–Kier alpha value is -3.30. The molecule has 0 bridgehead atoms. The molecule has 2 heterocycles. The lowest BCUT2D eigenvalue weighted by atomic mass is 10.2. The lowest BCUT2D eigenvalue weighted by Gasteiger charge is -2.14. The van der Waals surface area contributed by atoms with Crippen LogP contribution >= 0.6 is 23.2 Å². The van der Waals surface area contributed by atoms with Crippen LogP contribution in [0, 0.1) is 0 Å². The number of halogens is 5. The van der Waals surface area contributed by atoms with Gasteiger partial charge in [-0.2, -0.15) is 13.2 Å². The Bertz CT molecular complexity index is 1390. The van der Waals surface area contributed by atoms with Gasteiger partial charge in [-0.05, 0) is 36.4 Å². The second kappa shape index (κ2) is 8.33. The molecule has 0 aliphatic rings. The van der Waals surface area contributed by atoms with Gasteiger partial charge in [0.2, 0.25) is 5.75 Å². The number of hydrogen-bond donors (Lipinski definition) is 1. The number of alkyl halides is 3. The lowest BCUT2D eigenvalue weighted by molar-refractivity contribution is -0.142. The van der Waals surface area contributed by atoms with Crippen molar-refractivity contribution in [1.82, 2.24) is 15.0 Å². The fraction of sp³-hybridized carbons (Fsp3) is 0.0952. The van der Waals surface area contributed by atoms with Gasteiger partial charge in [-0.25, -0.2) is 9.97 Å². The summed E-state index contributed by atoms with van der Waals surface area (Å²) in [6.45, 7) is 0. The molecule has 0 radical (unpaired) electrons. The van der Waals surface area contributed by atoms with E-state index in [4.69, 9.17) is 32.7 Å². The van der Waals surface area contributed by atoms with Crippen LogP contribution in [0.2, 0.25) is 10.0 Å². The zero-order valence-electron chi connectivity index (χ0n) is 16.1. The largest absolute Gasteiger partial charge is 0.497 e. The molecule has 164 valence electrons. The van der Waals surface area contributed by atoms with E-state index in [1.54, 1.807) is 24.3 Å². The summed E-state index contributed by atoms with van der Waals surface area (Å²) in [5, 5.41) is 0.930. The zero-order valence-corrected chi connectivity index (χ0v) is 17.6. The summed E-state index contributed by atoms with van der Waals surface area (Å²) in [6, 6.07) is 11.9. The molecule has 32 heavy (non-hydrogen) atoms. The monoisotopic (exact) mass is 481 g/mol. The number of methoxy groups -OCH3 is 1. The molecule has 4 aromatic rings. The molecule has 0 aliphatic heterocycles. The zero-order chi connectivity index (χ0) is 23.0. The Balaban J connectivity index is 1.81. The van der Waals surface area contributed by atoms with E-state index in [0.29, 0.717) is 16.7 Å². The van der Waals surface area contributed by atoms with Crippen molar-refractivity contribution < 1.29 is 22.6 Å². The average molecular weight is 482 g/mol. The molecule has 0 saturated heterocycles. The van der Waals surface area contributed by atoms with Crippen LogP contribution in [0.3, 0.4) is 0 Å². The molecule has 6 nitrogen and oxygen atoms in total. The van der Waals surface area contributed by atoms with E-state index < -0.39 is 23.2 Å². The van der Waals surface area contributed by atoms with Gasteiger partial charge in [-0.15, -0.1) is 0 Å². The molecule has 0 aliphatic carbocycles. The SMILES string of the molecule is COc1ccc2nc(-c3nc(C(F)(F)F)c(Oc4ccc(Cl)c(Cl)c4)c(=O)[nH]3)ccc2c1. The number of H-pyrrole nitrogens is 1. The third-order valence-corrected chi connectivity index (χ3v) is 5.13. The standard InChI is InChI=1S/C21H12Cl2F3N3O3/c1-31-11-4-7-15-10(8-11)2-6-16(27-15)19-28-18(21(24,25)26)17(20(30)29-19)32-12-3-5-13(22)14(23)9-12/h2-9H,1H3,(H,28,29,30). The number of fused-ring (bicyclic) bond motifs is 1. The average Bonchev–Trinajstić information content (AvgIpc) is 2.76. The normalized spacial score (nSPS) is 11.6. The van der Waals surface area contributed by atoms with Crippen LogP contribution in [0.25, 0.3) is 22.4 Å². The van der Waals surface area contributed by atoms with Gasteiger partial charge in [0.05, 0.1) is 22.7 Å². The van der Waals surface area contributed by atoms with Gasteiger partial charge in [0.25, 0.3) is 5.56 Å². The van der Waals surface area contributed by atoms with Crippen LogP contribution in [0.15, 0.2) is 53.3 Å². The summed E-state index contributed by atoms with van der Waals surface area (Å²) in [5.41, 5.74) is -2.11. The van der Waals surface area contributed by atoms with Gasteiger partial charge < -0.3 is 14.5 Å². The maximum absolute atomic E-state index is 13.7. The van der Waals surface area contributed by atoms with Crippen LogP contribution in [0.5, 0.6) is 17.2 Å². The topological polar surface area (TPSA) is 77.1 Å². The smallest absolute Gasteiger partial charge is 0.437 e. The maximum atomic E-state index is 13.7. The Morgan fingerprint density at radius 3 is 2.38 bits per heavy atom. The van der Waals surface area contributed by atoms with Crippen molar-refractivity contribution in [2.75, 3.05) is 7.11 Å². The Morgan fingerprint density at radius 1 is 0.938 bits per heavy atom. The van der Waals surface area contributed by atoms with E-state index in [-0.39, 0.29) is 27.3 Å². The predicted molar refractivity (Wildman–Crippen MR) is 114 cm³/mol. The molecular formula is C21H12Cl2F3N3O3. The summed E-state index contributed by atoms with van der Waals surface area (Å²) >= 11 is 11.7. The molecule has 2 aromatic carbocycles. The molecule has 2 aromatic heterocycles. The van der Waals surface area contributed by atoms with E-state index in [0.717, 1.165) is 0 Å². The van der Waals surface area contributed by atoms with Gasteiger partial charge in [-0.3, -0.25) is 4.79 Å². The number of nitrogens with zero attached hydrogens (tertiary/aromatic N) is 2. The number of benzene rings is 2. The highest BCUT2D eigenvalue weighted by atomic mass is 35.5. The minimum Gasteiger partial charge on any atom is -0.497 e. The van der Waals surface area contributed by atoms with E-state index in [1.165, 1.54) is 31.4 Å². The summed E-state index contributed by atoms with van der Waals surface area (Å²) in [6.07, 6.45) is -4.97. The van der Waals surface area contributed by atoms with Gasteiger partial charge >= 0.3 is 6.18 Å². The molecule has 4 rings (SSSR count). The highest BCUT2D eigenvalue weighted by Gasteiger charge is 2.39. The number of ether oxygens (including phenoxy) is 2. The number of nitrogens with one attached hydrogen (secondary N) is 1. The molecule has 11 heteroatoms. The lowest BCUT2D eigenvalue weighted by Crippen LogP contribution is -2.21. The number of hydrogen-bond acceptors (Lipinski definition) is 5. The van der Waals surface area contributed by atoms with Crippen molar-refractivity contribution in [3.8, 4) is 28.8 Å². The van der Waals surface area contributed by atoms with Crippen molar-refractivity contribution >= 4 is 34.1 Å². The van der Waals surface area contributed by atoms with Gasteiger partial charge in [0.1, 0.15) is 17.2 Å². The third kappa shape index (κ3) is 4.35. The van der Waals surface area contributed by atoms with Crippen molar-refractivity contribution in [3.63, 3.8) is 0 Å². The van der Waals surface area contributed by atoms with E-state index in [9.17, 15) is 18.0 Å². The first-order valence-electron chi connectivity index (χ1n) is 8.95. The molecule has 0 amide bonds. The summed E-state index contributed by atoms with van der Waals surface area (Å²) in [7, 11) is 1.51. The fourth-order valence-corrected chi connectivity index (χ4v) is 3.18. The second-order valence-corrected chi connectivity index (χ2v) is 7.34. The molecule has 0 atom stereocenters. The van der Waals surface area contributed by atoms with Crippen LogP contribution in [0.1, 0.15) is 5.69 Å². The van der Waals surface area contributed by atoms with E-state index in [2.05, 4.69) is 15.0 Å². The van der Waals surface area contributed by atoms with E-state index in [1.807, 2.05) is 0 Å². The number of rotatable bonds is 4. The van der Waals surface area contributed by atoms with Crippen molar-refractivity contribution in [2.24, 2.45) is 0 Å². The van der Waals surface area contributed by atoms with Gasteiger partial charge in [0.15, 0.2) is 11.5 Å². The molecule has 0 spiro atoms. The highest BCUT2D eigenvalue weighted by molar-refractivity contribution is 6.42. The summed E-state index contributed by atoms with van der Waals surface area (Å²) < 4.78 is 51.5. The van der Waals surface area contributed by atoms with E-state index >= 15 is 0 Å². The third-order valence-electron chi connectivity index (χ3n) is 4.40. The van der Waals surface area contributed by atoms with Crippen LogP contribution < -0.4 is 15.0 Å². The molecule has 1 N–H and O–H groups in total. The Labute approximate surface area is 188 Å². The quantitative estimate of drug-likeness (QED) is 0.380. The van der Waals surface area contributed by atoms with Crippen LogP contribution in [0.4, 0.5) is 13.2 Å². The van der Waals surface area contributed by atoms with Crippen LogP contribution in [-0.2, 0) is 6.18 Å². The second-order valence-electron chi connectivity index (χ2n) is 6.52. The number of aromatic nitrogens is 3. The fourth-order valence-electron chi connectivity index (χ4n) is 2.89. The van der Waals surface area contributed by atoms with Crippen molar-refractivity contribution in [3.05, 3.63) is 74.6 Å². The maximum Gasteiger partial charge on any atom is 0.437 e. The van der Waals surface area contributed by atoms with Crippen molar-refractivity contribution in [2.45, 2.75) is 6.18 Å². The minimum atomic E-state index is -4.97. The first-order chi connectivity index (χ1) is 15.2. The van der Waals surface area contributed by atoms with Crippen molar-refractivity contribution in [1.29, 1.82) is 0 Å². The summed E-state index contributed by atoms with van der Waals surface area (Å²) in [5.74, 6) is -0.892. The molecular weight excluding hydrogens is 470 g/mol.